The van der Waals surface area contributed by atoms with Gasteiger partial charge in [-0.25, -0.2) is 0 Å². The van der Waals surface area contributed by atoms with Crippen molar-refractivity contribution in [1.29, 1.82) is 0 Å². The fourth-order valence-corrected chi connectivity index (χ4v) is 1.36. The average Bonchev–Trinajstić information content (AvgIpc) is 2.25. The number of rotatable bonds is 9. The SMILES string of the molecule is CCCCC(O)CNN[C@@H](C)[C@@H](C)OC(C)=O. The number of aliphatic hydroxyl groups excluding tert-OH is 1. The number of carbonyl (C=O) groups is 1. The molecule has 0 saturated heterocycles. The molecule has 0 aliphatic carbocycles. The Kier molecular flexibility index (Phi) is 9.03. The first-order valence-electron chi connectivity index (χ1n) is 6.31. The molecule has 0 fully saturated rings. The predicted octanol–water partition coefficient (Wildman–Crippen LogP) is 0.972. The Morgan fingerprint density at radius 3 is 2.59 bits per heavy atom. The molecule has 0 aromatic rings. The number of hydrazine groups is 1. The number of hydrogen-bond acceptors (Lipinski definition) is 5. The standard InChI is InChI=1S/C12H26N2O3/c1-5-6-7-12(16)8-13-14-9(2)10(3)17-11(4)15/h9-10,12-14,16H,5-8H2,1-4H3/t9-,10+,12?/m0/s1. The summed E-state index contributed by atoms with van der Waals surface area (Å²) in [5.41, 5.74) is 5.96. The van der Waals surface area contributed by atoms with Crippen LogP contribution in [0.5, 0.6) is 0 Å². The zero-order chi connectivity index (χ0) is 13.3. The lowest BCUT2D eigenvalue weighted by molar-refractivity contribution is -0.146. The van der Waals surface area contributed by atoms with Crippen LogP contribution in [-0.2, 0) is 9.53 Å². The first-order valence-corrected chi connectivity index (χ1v) is 6.31. The molecule has 0 aliphatic heterocycles. The van der Waals surface area contributed by atoms with Crippen molar-refractivity contribution in [1.82, 2.24) is 10.9 Å². The van der Waals surface area contributed by atoms with Crippen LogP contribution in [-0.4, -0.2) is 35.9 Å². The molecule has 0 saturated carbocycles. The van der Waals surface area contributed by atoms with E-state index in [0.29, 0.717) is 6.54 Å². The summed E-state index contributed by atoms with van der Waals surface area (Å²) >= 11 is 0. The first-order chi connectivity index (χ1) is 7.97. The lowest BCUT2D eigenvalue weighted by Gasteiger charge is -2.22. The van der Waals surface area contributed by atoms with Gasteiger partial charge in [-0.3, -0.25) is 15.6 Å². The second-order valence-corrected chi connectivity index (χ2v) is 4.42. The van der Waals surface area contributed by atoms with Crippen molar-refractivity contribution in [3.8, 4) is 0 Å². The molecule has 0 amide bonds. The van der Waals surface area contributed by atoms with E-state index in [1.165, 1.54) is 6.92 Å². The Labute approximate surface area is 104 Å². The van der Waals surface area contributed by atoms with Crippen LogP contribution < -0.4 is 10.9 Å². The van der Waals surface area contributed by atoms with E-state index in [0.717, 1.165) is 19.3 Å². The fourth-order valence-electron chi connectivity index (χ4n) is 1.36. The summed E-state index contributed by atoms with van der Waals surface area (Å²) in [6.07, 6.45) is 2.39. The minimum atomic E-state index is -0.335. The van der Waals surface area contributed by atoms with Crippen LogP contribution in [0.4, 0.5) is 0 Å². The molecule has 3 atom stereocenters. The molecular weight excluding hydrogens is 220 g/mol. The van der Waals surface area contributed by atoms with Gasteiger partial charge in [0.1, 0.15) is 6.10 Å². The molecule has 0 rings (SSSR count). The van der Waals surface area contributed by atoms with E-state index in [2.05, 4.69) is 17.8 Å². The molecule has 1 unspecified atom stereocenters. The molecule has 0 radical (unpaired) electrons. The molecule has 0 aromatic carbocycles. The van der Waals surface area contributed by atoms with Crippen LogP contribution in [0.2, 0.25) is 0 Å². The second kappa shape index (κ2) is 9.39. The highest BCUT2D eigenvalue weighted by molar-refractivity contribution is 5.66. The lowest BCUT2D eigenvalue weighted by Crippen LogP contribution is -2.48. The Balaban J connectivity index is 3.62. The smallest absolute Gasteiger partial charge is 0.302 e. The van der Waals surface area contributed by atoms with Gasteiger partial charge in [0.2, 0.25) is 0 Å². The average molecular weight is 246 g/mol. The number of aliphatic hydroxyl groups is 1. The quantitative estimate of drug-likeness (QED) is 0.418. The van der Waals surface area contributed by atoms with Crippen molar-refractivity contribution in [2.24, 2.45) is 0 Å². The van der Waals surface area contributed by atoms with E-state index in [9.17, 15) is 9.90 Å². The Morgan fingerprint density at radius 2 is 2.06 bits per heavy atom. The summed E-state index contributed by atoms with van der Waals surface area (Å²) in [6.45, 7) is 7.73. The maximum atomic E-state index is 10.7. The van der Waals surface area contributed by atoms with Crippen molar-refractivity contribution in [2.75, 3.05) is 6.54 Å². The normalized spacial score (nSPS) is 16.3. The van der Waals surface area contributed by atoms with Crippen LogP contribution in [0.3, 0.4) is 0 Å². The molecule has 0 spiro atoms. The summed E-state index contributed by atoms with van der Waals surface area (Å²) in [5.74, 6) is -0.283. The maximum absolute atomic E-state index is 10.7. The number of esters is 1. The molecule has 3 N–H and O–H groups in total. The van der Waals surface area contributed by atoms with Crippen LogP contribution in [0.15, 0.2) is 0 Å². The van der Waals surface area contributed by atoms with E-state index in [1.54, 1.807) is 0 Å². The van der Waals surface area contributed by atoms with Gasteiger partial charge in [-0.05, 0) is 20.3 Å². The molecule has 0 aliphatic rings. The number of ether oxygens (including phenoxy) is 1. The topological polar surface area (TPSA) is 70.6 Å². The van der Waals surface area contributed by atoms with Gasteiger partial charge >= 0.3 is 5.97 Å². The predicted molar refractivity (Wildman–Crippen MR) is 67.4 cm³/mol. The van der Waals surface area contributed by atoms with Gasteiger partial charge < -0.3 is 9.84 Å². The minimum Gasteiger partial charge on any atom is -0.461 e. The van der Waals surface area contributed by atoms with E-state index < -0.39 is 0 Å². The molecule has 102 valence electrons. The highest BCUT2D eigenvalue weighted by Crippen LogP contribution is 2.00. The van der Waals surface area contributed by atoms with Crippen molar-refractivity contribution in [3.05, 3.63) is 0 Å². The van der Waals surface area contributed by atoms with Crippen LogP contribution in [0, 0.1) is 0 Å². The number of hydrogen-bond donors (Lipinski definition) is 3. The van der Waals surface area contributed by atoms with E-state index in [-0.39, 0.29) is 24.2 Å². The molecule has 0 aromatic heterocycles. The van der Waals surface area contributed by atoms with Crippen molar-refractivity contribution in [3.63, 3.8) is 0 Å². The Morgan fingerprint density at radius 1 is 1.41 bits per heavy atom. The van der Waals surface area contributed by atoms with Gasteiger partial charge in [0, 0.05) is 13.5 Å². The summed E-state index contributed by atoms with van der Waals surface area (Å²) in [6, 6.07) is -0.00252. The van der Waals surface area contributed by atoms with Gasteiger partial charge in [-0.2, -0.15) is 0 Å². The minimum absolute atomic E-state index is 0.00252. The van der Waals surface area contributed by atoms with E-state index in [1.807, 2.05) is 13.8 Å². The molecule has 5 heteroatoms. The zero-order valence-electron chi connectivity index (χ0n) is 11.3. The fraction of sp³-hybridized carbons (Fsp3) is 0.917. The third kappa shape index (κ3) is 9.09. The molecule has 0 heterocycles. The molecule has 17 heavy (non-hydrogen) atoms. The monoisotopic (exact) mass is 246 g/mol. The molecular formula is C12H26N2O3. The summed E-state index contributed by atoms with van der Waals surface area (Å²) in [5, 5.41) is 9.59. The summed E-state index contributed by atoms with van der Waals surface area (Å²) < 4.78 is 5.03. The van der Waals surface area contributed by atoms with Crippen LogP contribution in [0.1, 0.15) is 47.0 Å². The lowest BCUT2D eigenvalue weighted by atomic mass is 10.2. The molecule has 0 bridgehead atoms. The van der Waals surface area contributed by atoms with Crippen molar-refractivity contribution >= 4 is 5.97 Å². The van der Waals surface area contributed by atoms with E-state index >= 15 is 0 Å². The zero-order valence-corrected chi connectivity index (χ0v) is 11.3. The van der Waals surface area contributed by atoms with E-state index in [4.69, 9.17) is 4.74 Å². The Bertz CT molecular complexity index is 212. The van der Waals surface area contributed by atoms with Gasteiger partial charge in [0.05, 0.1) is 12.1 Å². The maximum Gasteiger partial charge on any atom is 0.302 e. The van der Waals surface area contributed by atoms with Crippen LogP contribution >= 0.6 is 0 Å². The highest BCUT2D eigenvalue weighted by Gasteiger charge is 2.14. The third-order valence-electron chi connectivity index (χ3n) is 2.61. The van der Waals surface area contributed by atoms with Crippen molar-refractivity contribution in [2.45, 2.75) is 65.2 Å². The van der Waals surface area contributed by atoms with Gasteiger partial charge in [-0.1, -0.05) is 19.8 Å². The second-order valence-electron chi connectivity index (χ2n) is 4.42. The third-order valence-corrected chi connectivity index (χ3v) is 2.61. The number of carbonyl (C=O) groups excluding carboxylic acids is 1. The number of nitrogens with one attached hydrogen (secondary N) is 2. The van der Waals surface area contributed by atoms with Crippen molar-refractivity contribution < 1.29 is 14.6 Å². The summed E-state index contributed by atoms with van der Waals surface area (Å²) in [7, 11) is 0. The molecule has 5 nitrogen and oxygen atoms in total. The Hall–Kier alpha value is -0.650. The summed E-state index contributed by atoms with van der Waals surface area (Å²) in [4.78, 5) is 10.7. The van der Waals surface area contributed by atoms with Crippen LogP contribution in [0.25, 0.3) is 0 Å². The highest BCUT2D eigenvalue weighted by atomic mass is 16.5. The first kappa shape index (κ1) is 16.4. The number of unbranched alkanes of at least 4 members (excludes halogenated alkanes) is 1. The van der Waals surface area contributed by atoms with Gasteiger partial charge in [-0.15, -0.1) is 0 Å². The van der Waals surface area contributed by atoms with Gasteiger partial charge in [0.25, 0.3) is 0 Å². The van der Waals surface area contributed by atoms with Gasteiger partial charge in [0.15, 0.2) is 0 Å². The largest absolute Gasteiger partial charge is 0.461 e.